The Labute approximate surface area is 119 Å². The van der Waals surface area contributed by atoms with E-state index in [0.717, 1.165) is 17.3 Å². The molecule has 1 fully saturated rings. The van der Waals surface area contributed by atoms with E-state index in [1.165, 1.54) is 0 Å². The van der Waals surface area contributed by atoms with E-state index in [9.17, 15) is 14.7 Å². The molecule has 0 saturated heterocycles. The van der Waals surface area contributed by atoms with Crippen molar-refractivity contribution in [2.75, 3.05) is 5.32 Å². The Hall–Kier alpha value is -1.56. The molecule has 0 aromatic heterocycles. The fraction of sp³-hybridized carbons (Fsp3) is 0.385. The number of nitrogens with one attached hydrogen (secondary N) is 2. The second-order valence-electron chi connectivity index (χ2n) is 4.65. The van der Waals surface area contributed by atoms with E-state index in [1.54, 1.807) is 18.2 Å². The molecule has 19 heavy (non-hydrogen) atoms. The number of urea groups is 1. The van der Waals surface area contributed by atoms with Crippen molar-refractivity contribution in [1.82, 2.24) is 5.32 Å². The molecule has 0 aliphatic heterocycles. The number of aliphatic carboxylic acids is 1. The Morgan fingerprint density at radius 1 is 1.21 bits per heavy atom. The fourth-order valence-electron chi connectivity index (χ4n) is 2.30. The van der Waals surface area contributed by atoms with Crippen LogP contribution in [-0.4, -0.2) is 22.6 Å². The highest BCUT2D eigenvalue weighted by Crippen LogP contribution is 2.30. The maximum atomic E-state index is 11.9. The first-order valence-corrected chi connectivity index (χ1v) is 6.90. The smallest absolute Gasteiger partial charge is 0.329 e. The highest BCUT2D eigenvalue weighted by atomic mass is 79.9. The molecule has 0 bridgehead atoms. The van der Waals surface area contributed by atoms with Gasteiger partial charge in [0, 0.05) is 4.47 Å². The summed E-state index contributed by atoms with van der Waals surface area (Å²) in [4.78, 5) is 23.3. The molecule has 0 unspecified atom stereocenters. The number of carbonyl (C=O) groups excluding carboxylic acids is 1. The molecule has 0 spiro atoms. The van der Waals surface area contributed by atoms with Crippen molar-refractivity contribution in [2.45, 2.75) is 31.2 Å². The monoisotopic (exact) mass is 326 g/mol. The van der Waals surface area contributed by atoms with Crippen LogP contribution in [0.2, 0.25) is 0 Å². The number of benzene rings is 1. The number of halogens is 1. The van der Waals surface area contributed by atoms with E-state index < -0.39 is 17.5 Å². The van der Waals surface area contributed by atoms with Crippen LogP contribution in [0, 0.1) is 0 Å². The third-order valence-corrected chi connectivity index (χ3v) is 4.03. The Bertz CT molecular complexity index is 498. The van der Waals surface area contributed by atoms with Crippen LogP contribution in [0.4, 0.5) is 10.5 Å². The van der Waals surface area contributed by atoms with Crippen LogP contribution in [0.5, 0.6) is 0 Å². The van der Waals surface area contributed by atoms with Gasteiger partial charge >= 0.3 is 12.0 Å². The van der Waals surface area contributed by atoms with Crippen molar-refractivity contribution < 1.29 is 14.7 Å². The van der Waals surface area contributed by atoms with Gasteiger partial charge in [-0.1, -0.05) is 25.0 Å². The van der Waals surface area contributed by atoms with Crippen LogP contribution in [0.15, 0.2) is 28.7 Å². The van der Waals surface area contributed by atoms with E-state index in [1.807, 2.05) is 6.07 Å². The van der Waals surface area contributed by atoms with Crippen molar-refractivity contribution in [3.63, 3.8) is 0 Å². The number of para-hydroxylation sites is 1. The fourth-order valence-corrected chi connectivity index (χ4v) is 2.69. The first-order valence-electron chi connectivity index (χ1n) is 6.11. The standard InChI is InChI=1S/C13H15BrN2O3/c14-9-5-1-2-6-10(9)15-12(19)16-13(11(17)18)7-3-4-8-13/h1-2,5-6H,3-4,7-8H2,(H,17,18)(H2,15,16,19). The SMILES string of the molecule is O=C(Nc1ccccc1Br)NC1(C(=O)O)CCCC1. The predicted molar refractivity (Wildman–Crippen MR) is 75.1 cm³/mol. The Morgan fingerprint density at radius 2 is 1.84 bits per heavy atom. The summed E-state index contributed by atoms with van der Waals surface area (Å²) in [5.74, 6) is -0.965. The van der Waals surface area contributed by atoms with Crippen LogP contribution in [0.3, 0.4) is 0 Å². The van der Waals surface area contributed by atoms with E-state index in [2.05, 4.69) is 26.6 Å². The third kappa shape index (κ3) is 3.07. The zero-order valence-electron chi connectivity index (χ0n) is 10.3. The quantitative estimate of drug-likeness (QED) is 0.799. The van der Waals surface area contributed by atoms with Crippen LogP contribution < -0.4 is 10.6 Å². The molecule has 0 radical (unpaired) electrons. The van der Waals surface area contributed by atoms with Crippen molar-refractivity contribution in [3.8, 4) is 0 Å². The molecule has 0 heterocycles. The van der Waals surface area contributed by atoms with E-state index >= 15 is 0 Å². The van der Waals surface area contributed by atoms with Gasteiger partial charge in [0.1, 0.15) is 5.54 Å². The van der Waals surface area contributed by atoms with E-state index in [-0.39, 0.29) is 0 Å². The van der Waals surface area contributed by atoms with E-state index in [0.29, 0.717) is 18.5 Å². The van der Waals surface area contributed by atoms with Gasteiger partial charge in [-0.25, -0.2) is 9.59 Å². The molecule has 5 nitrogen and oxygen atoms in total. The number of hydrogen-bond donors (Lipinski definition) is 3. The summed E-state index contributed by atoms with van der Waals surface area (Å²) < 4.78 is 0.751. The van der Waals surface area contributed by atoms with Gasteiger partial charge < -0.3 is 15.7 Å². The summed E-state index contributed by atoms with van der Waals surface area (Å²) >= 11 is 3.32. The number of hydrogen-bond acceptors (Lipinski definition) is 2. The summed E-state index contributed by atoms with van der Waals surface area (Å²) in [5.41, 5.74) is -0.510. The largest absolute Gasteiger partial charge is 0.480 e. The Morgan fingerprint density at radius 3 is 2.42 bits per heavy atom. The normalized spacial score (nSPS) is 16.9. The number of anilines is 1. The summed E-state index contributed by atoms with van der Waals surface area (Å²) in [7, 11) is 0. The molecule has 1 aromatic rings. The van der Waals surface area contributed by atoms with Crippen LogP contribution in [0.1, 0.15) is 25.7 Å². The summed E-state index contributed by atoms with van der Waals surface area (Å²) in [6.45, 7) is 0. The topological polar surface area (TPSA) is 78.4 Å². The maximum Gasteiger partial charge on any atom is 0.329 e. The predicted octanol–water partition coefficient (Wildman–Crippen LogP) is 2.97. The van der Waals surface area contributed by atoms with Crippen LogP contribution >= 0.6 is 15.9 Å². The number of carboxylic acids is 1. The van der Waals surface area contributed by atoms with Crippen LogP contribution in [-0.2, 0) is 4.79 Å². The molecule has 6 heteroatoms. The molecular formula is C13H15BrN2O3. The minimum atomic E-state index is -1.12. The molecule has 1 aromatic carbocycles. The molecule has 1 aliphatic carbocycles. The molecular weight excluding hydrogens is 312 g/mol. The second kappa shape index (κ2) is 5.61. The zero-order valence-corrected chi connectivity index (χ0v) is 11.9. The molecule has 0 atom stereocenters. The maximum absolute atomic E-state index is 11.9. The lowest BCUT2D eigenvalue weighted by Crippen LogP contribution is -2.53. The lowest BCUT2D eigenvalue weighted by atomic mass is 9.98. The number of rotatable bonds is 3. The zero-order chi connectivity index (χ0) is 13.9. The van der Waals surface area contributed by atoms with E-state index in [4.69, 9.17) is 0 Å². The first kappa shape index (κ1) is 13.9. The van der Waals surface area contributed by atoms with Crippen molar-refractivity contribution in [2.24, 2.45) is 0 Å². The lowest BCUT2D eigenvalue weighted by Gasteiger charge is -2.25. The second-order valence-corrected chi connectivity index (χ2v) is 5.51. The molecule has 2 rings (SSSR count). The van der Waals surface area contributed by atoms with Gasteiger partial charge in [0.05, 0.1) is 5.69 Å². The van der Waals surface area contributed by atoms with Crippen molar-refractivity contribution in [1.29, 1.82) is 0 Å². The van der Waals surface area contributed by atoms with Gasteiger partial charge in [0.2, 0.25) is 0 Å². The number of carbonyl (C=O) groups is 2. The molecule has 3 N–H and O–H groups in total. The lowest BCUT2D eigenvalue weighted by molar-refractivity contribution is -0.144. The Kier molecular flexibility index (Phi) is 4.09. The first-order chi connectivity index (χ1) is 9.03. The Balaban J connectivity index is 2.05. The number of carboxylic acid groups (broad SMARTS) is 1. The molecule has 102 valence electrons. The van der Waals surface area contributed by atoms with Gasteiger partial charge in [-0.3, -0.25) is 0 Å². The van der Waals surface area contributed by atoms with Crippen molar-refractivity contribution >= 4 is 33.6 Å². The number of amides is 2. The van der Waals surface area contributed by atoms with Gasteiger partial charge in [0.15, 0.2) is 0 Å². The highest BCUT2D eigenvalue weighted by Gasteiger charge is 2.42. The molecule has 1 aliphatic rings. The van der Waals surface area contributed by atoms with Gasteiger partial charge in [-0.05, 0) is 40.9 Å². The third-order valence-electron chi connectivity index (χ3n) is 3.34. The summed E-state index contributed by atoms with van der Waals surface area (Å²) in [6, 6.07) is 6.69. The molecule has 2 amide bonds. The van der Waals surface area contributed by atoms with Gasteiger partial charge in [0.25, 0.3) is 0 Å². The highest BCUT2D eigenvalue weighted by molar-refractivity contribution is 9.10. The average molecular weight is 327 g/mol. The van der Waals surface area contributed by atoms with Crippen LogP contribution in [0.25, 0.3) is 0 Å². The van der Waals surface area contributed by atoms with Gasteiger partial charge in [-0.2, -0.15) is 0 Å². The molecule has 1 saturated carbocycles. The van der Waals surface area contributed by atoms with Gasteiger partial charge in [-0.15, -0.1) is 0 Å². The summed E-state index contributed by atoms with van der Waals surface area (Å²) in [6.07, 6.45) is 2.60. The minimum absolute atomic E-state index is 0.478. The van der Waals surface area contributed by atoms with Crippen molar-refractivity contribution in [3.05, 3.63) is 28.7 Å². The minimum Gasteiger partial charge on any atom is -0.480 e. The average Bonchev–Trinajstić information content (AvgIpc) is 2.82. The summed E-state index contributed by atoms with van der Waals surface area (Å²) in [5, 5.41) is 14.5.